The molecule has 0 unspecified atom stereocenters. The second-order valence-electron chi connectivity index (χ2n) is 18.5. The molecule has 7 aromatic rings. The van der Waals surface area contributed by atoms with Gasteiger partial charge in [0.1, 0.15) is 30.0 Å². The summed E-state index contributed by atoms with van der Waals surface area (Å²) in [5.41, 5.74) is 3.83. The molecule has 1 saturated heterocycles. The van der Waals surface area contributed by atoms with Crippen LogP contribution in [0.2, 0.25) is 0 Å². The van der Waals surface area contributed by atoms with E-state index in [4.69, 9.17) is 14.4 Å². The molecule has 1 saturated carbocycles. The molecule has 67 heavy (non-hydrogen) atoms. The monoisotopic (exact) mass is 932 g/mol. The molecular weight excluding hydrogens is 878 g/mol. The zero-order chi connectivity index (χ0) is 47.3. The van der Waals surface area contributed by atoms with Crippen molar-refractivity contribution in [2.75, 3.05) is 32.1 Å². The number of benzene rings is 3. The van der Waals surface area contributed by atoms with Crippen LogP contribution >= 0.6 is 7.14 Å². The first-order chi connectivity index (χ1) is 32.1. The highest BCUT2D eigenvalue weighted by Gasteiger charge is 2.59. The molecule has 0 spiro atoms. The van der Waals surface area contributed by atoms with Crippen LogP contribution in [0.15, 0.2) is 75.0 Å². The van der Waals surface area contributed by atoms with E-state index < -0.39 is 36.0 Å². The Bertz CT molecular complexity index is 3270. The molecule has 17 heteroatoms. The summed E-state index contributed by atoms with van der Waals surface area (Å²) in [6.07, 6.45) is 6.85. The quantitative estimate of drug-likeness (QED) is 0.127. The predicted molar refractivity (Wildman–Crippen MR) is 251 cm³/mol. The fraction of sp³-hybridized carbons (Fsp3) is 0.420. The highest BCUT2D eigenvalue weighted by Crippen LogP contribution is 2.56. The molecule has 4 aromatic heterocycles. The summed E-state index contributed by atoms with van der Waals surface area (Å²) in [6, 6.07) is 14.1. The van der Waals surface area contributed by atoms with E-state index >= 15 is 13.6 Å². The van der Waals surface area contributed by atoms with Gasteiger partial charge in [-0.3, -0.25) is 23.4 Å². The molecule has 6 heterocycles. The van der Waals surface area contributed by atoms with Crippen molar-refractivity contribution in [1.82, 2.24) is 38.5 Å². The van der Waals surface area contributed by atoms with Gasteiger partial charge in [0.25, 0.3) is 5.91 Å². The van der Waals surface area contributed by atoms with Gasteiger partial charge in [-0.25, -0.2) is 23.1 Å². The minimum Gasteiger partial charge on any atom is -0.381 e. The number of carbonyl (C=O) groups excluding carboxylic acids is 1. The molecule has 3 atom stereocenters. The summed E-state index contributed by atoms with van der Waals surface area (Å²) in [7, 11) is -2.86. The van der Waals surface area contributed by atoms with E-state index in [-0.39, 0.29) is 36.3 Å². The van der Waals surface area contributed by atoms with Crippen molar-refractivity contribution in [3.63, 3.8) is 0 Å². The topological polar surface area (TPSA) is 155 Å². The fourth-order valence-corrected chi connectivity index (χ4v) is 13.2. The molecule has 1 aliphatic carbocycles. The molecule has 2 aliphatic heterocycles. The second-order valence-corrected chi connectivity index (χ2v) is 22.1. The number of halogens is 2. The lowest BCUT2D eigenvalue weighted by atomic mass is 9.91. The number of H-pyrrole nitrogens is 1. The number of aryl methyl sites for hydroxylation is 2. The Morgan fingerprint density at radius 3 is 2.28 bits per heavy atom. The number of aromatic nitrogens is 7. The maximum absolute atomic E-state index is 16.7. The minimum atomic E-state index is -2.86. The number of amides is 1. The van der Waals surface area contributed by atoms with Crippen LogP contribution in [0.1, 0.15) is 116 Å². The summed E-state index contributed by atoms with van der Waals surface area (Å²) < 4.78 is 62.7. The number of imidazole rings is 1. The minimum absolute atomic E-state index is 0.00318. The molecule has 0 radical (unpaired) electrons. The molecule has 0 bridgehead atoms. The number of aromatic amines is 1. The van der Waals surface area contributed by atoms with Gasteiger partial charge in [0.05, 0.1) is 23.1 Å². The number of nitrogens with one attached hydrogen (secondary N) is 1. The molecule has 2 fully saturated rings. The Hall–Kier alpha value is -6.12. The van der Waals surface area contributed by atoms with Gasteiger partial charge in [-0.2, -0.15) is 5.10 Å². The van der Waals surface area contributed by atoms with Crippen LogP contribution in [-0.4, -0.2) is 76.5 Å². The molecule has 3 aromatic carbocycles. The van der Waals surface area contributed by atoms with Gasteiger partial charge in [-0.05, 0) is 117 Å². The maximum Gasteiger partial charge on any atom is 0.438 e. The zero-order valence-corrected chi connectivity index (χ0v) is 39.8. The lowest BCUT2D eigenvalue weighted by Crippen LogP contribution is -2.41. The van der Waals surface area contributed by atoms with Crippen molar-refractivity contribution >= 4 is 29.3 Å². The third-order valence-electron chi connectivity index (χ3n) is 14.9. The van der Waals surface area contributed by atoms with E-state index in [2.05, 4.69) is 35.3 Å². The molecule has 14 nitrogen and oxygen atoms in total. The zero-order valence-electron chi connectivity index (χ0n) is 38.9. The van der Waals surface area contributed by atoms with Crippen molar-refractivity contribution < 1.29 is 27.4 Å². The van der Waals surface area contributed by atoms with E-state index in [0.717, 1.165) is 23.7 Å². The smallest absolute Gasteiger partial charge is 0.381 e. The van der Waals surface area contributed by atoms with Crippen LogP contribution < -0.4 is 16.8 Å². The number of nitrogens with zero attached hydrogens (tertiary/aromatic N) is 7. The standard InChI is InChI=1S/C50H55F2N8O6P/c1-8-36-41(67(64,9-2)10-3)14-13-39(44(36)52)57-19-20-58(49(57)63)45-42-31(7)56(18-15-37(42)54-60(45)35-23-28(4)43(51)29(5)24-35)46(61)40-26-34-25-33(32-16-21-65-22-17-32)11-12-38(34)59(40)50(27-30(50)6)47-53-48(62)66-55-47/h11-14,19-20,23-26,30-32H,8-10,15-18,21-22,27H2,1-7H3,(H,53,55,62)/t30-,31-,50-/m0/s1. The first kappa shape index (κ1) is 44.7. The van der Waals surface area contributed by atoms with E-state index in [1.807, 2.05) is 38.3 Å². The van der Waals surface area contributed by atoms with Crippen molar-refractivity contribution in [1.29, 1.82) is 0 Å². The molecule has 3 aliphatic rings. The average Bonchev–Trinajstić information content (AvgIpc) is 3.82. The van der Waals surface area contributed by atoms with Gasteiger partial charge in [-0.15, -0.1) is 0 Å². The number of hydrogen-bond acceptors (Lipinski definition) is 8. The van der Waals surface area contributed by atoms with Gasteiger partial charge in [0, 0.05) is 78.2 Å². The van der Waals surface area contributed by atoms with E-state index in [1.165, 1.54) is 27.0 Å². The van der Waals surface area contributed by atoms with Gasteiger partial charge >= 0.3 is 11.4 Å². The Morgan fingerprint density at radius 1 is 0.940 bits per heavy atom. The van der Waals surface area contributed by atoms with Gasteiger partial charge < -0.3 is 18.8 Å². The summed E-state index contributed by atoms with van der Waals surface area (Å²) in [5, 5.41) is 10.6. The van der Waals surface area contributed by atoms with Crippen molar-refractivity contribution in [3.8, 4) is 17.2 Å². The number of rotatable bonds is 11. The van der Waals surface area contributed by atoms with Gasteiger partial charge in [0.15, 0.2) is 11.6 Å². The number of ether oxygens (including phenoxy) is 1. The fourth-order valence-electron chi connectivity index (χ4n) is 11.0. The molecular formula is C50H55F2N8O6P. The summed E-state index contributed by atoms with van der Waals surface area (Å²) in [5.74, 6) is -0.929. The van der Waals surface area contributed by atoms with Crippen molar-refractivity contribution in [3.05, 3.63) is 139 Å². The number of carbonyl (C=O) groups is 1. The van der Waals surface area contributed by atoms with Crippen LogP contribution in [0, 0.1) is 31.4 Å². The highest BCUT2D eigenvalue weighted by molar-refractivity contribution is 7.71. The first-order valence-electron chi connectivity index (χ1n) is 23.4. The molecule has 1 N–H and O–H groups in total. The Balaban J connectivity index is 1.12. The van der Waals surface area contributed by atoms with E-state index in [0.29, 0.717) is 101 Å². The Morgan fingerprint density at radius 2 is 1.64 bits per heavy atom. The summed E-state index contributed by atoms with van der Waals surface area (Å²) in [6.45, 7) is 14.5. The second kappa shape index (κ2) is 16.6. The van der Waals surface area contributed by atoms with Crippen molar-refractivity contribution in [2.45, 2.75) is 98.1 Å². The van der Waals surface area contributed by atoms with Gasteiger partial charge in [-0.1, -0.05) is 38.9 Å². The Labute approximate surface area is 385 Å². The maximum atomic E-state index is 16.7. The van der Waals surface area contributed by atoms with Gasteiger partial charge in [0.2, 0.25) is 0 Å². The van der Waals surface area contributed by atoms with Crippen LogP contribution in [0.3, 0.4) is 0 Å². The predicted octanol–water partition coefficient (Wildman–Crippen LogP) is 8.37. The molecule has 350 valence electrons. The average molecular weight is 933 g/mol. The van der Waals surface area contributed by atoms with Crippen LogP contribution in [0.25, 0.3) is 28.1 Å². The normalized spacial score (nSPS) is 19.9. The Kier molecular flexibility index (Phi) is 11.1. The summed E-state index contributed by atoms with van der Waals surface area (Å²) in [4.78, 5) is 47.4. The summed E-state index contributed by atoms with van der Waals surface area (Å²) >= 11 is 0. The third-order valence-corrected chi connectivity index (χ3v) is 18.3. The molecule has 1 amide bonds. The van der Waals surface area contributed by atoms with Crippen LogP contribution in [-0.2, 0) is 27.7 Å². The van der Waals surface area contributed by atoms with E-state index in [1.54, 1.807) is 47.8 Å². The number of hydrogen-bond donors (Lipinski definition) is 1. The number of fused-ring (bicyclic) bond motifs is 2. The largest absolute Gasteiger partial charge is 0.438 e. The van der Waals surface area contributed by atoms with Crippen molar-refractivity contribution in [2.24, 2.45) is 5.92 Å². The lowest BCUT2D eigenvalue weighted by Gasteiger charge is -2.34. The third kappa shape index (κ3) is 6.95. The van der Waals surface area contributed by atoms with Crippen LogP contribution in [0.5, 0.6) is 0 Å². The first-order valence-corrected chi connectivity index (χ1v) is 25.4. The highest BCUT2D eigenvalue weighted by atomic mass is 31.2. The lowest BCUT2D eigenvalue weighted by molar-refractivity contribution is 0.0663. The van der Waals surface area contributed by atoms with Crippen LogP contribution in [0.4, 0.5) is 8.78 Å². The molecule has 10 rings (SSSR count). The SMILES string of the molecule is CCc1c(P(=O)(CC)CC)ccc(-n2ccn(-c3c4c(nn3-c3cc(C)c(F)c(C)c3)CCN(C(=O)c3cc5cc(C6CCOCC6)ccc5n3[C@@]3(c5noc(=O)[nH]5)C[C@@H]3C)[C@H]4C)c2=O)c1F. The van der Waals surface area contributed by atoms with E-state index in [9.17, 15) is 14.2 Å².